The van der Waals surface area contributed by atoms with E-state index in [0.717, 1.165) is 38.3 Å². The molecule has 0 saturated carbocycles. The van der Waals surface area contributed by atoms with Crippen molar-refractivity contribution in [2.75, 3.05) is 43.4 Å². The predicted octanol–water partition coefficient (Wildman–Crippen LogP) is 2.36. The molecule has 1 fully saturated rings. The fraction of sp³-hybridized carbons (Fsp3) is 0.294. The first-order valence-corrected chi connectivity index (χ1v) is 7.70. The van der Waals surface area contributed by atoms with E-state index < -0.39 is 23.2 Å². The van der Waals surface area contributed by atoms with Gasteiger partial charge in [-0.15, -0.1) is 0 Å². The van der Waals surface area contributed by atoms with Crippen molar-refractivity contribution in [2.45, 2.75) is 0 Å². The number of nitrogens with zero attached hydrogens (tertiary/aromatic N) is 3. The number of pyridine rings is 1. The molecule has 1 aromatic carbocycles. The van der Waals surface area contributed by atoms with Gasteiger partial charge in [0.1, 0.15) is 28.8 Å². The van der Waals surface area contributed by atoms with Crippen LogP contribution in [0.5, 0.6) is 0 Å². The average molecular weight is 332 g/mol. The molecule has 0 spiro atoms. The lowest BCUT2D eigenvalue weighted by molar-refractivity contribution is 0.102. The van der Waals surface area contributed by atoms with Crippen molar-refractivity contribution in [3.05, 3.63) is 53.7 Å². The Hall–Kier alpha value is -2.54. The van der Waals surface area contributed by atoms with Crippen LogP contribution in [0.1, 0.15) is 10.5 Å². The zero-order chi connectivity index (χ0) is 17.1. The third-order valence-corrected chi connectivity index (χ3v) is 4.00. The minimum Gasteiger partial charge on any atom is -0.354 e. The number of likely N-dealkylation sites (N-methyl/N-ethyl adjacent to an activating group) is 1. The third kappa shape index (κ3) is 3.51. The summed E-state index contributed by atoms with van der Waals surface area (Å²) in [7, 11) is 2.05. The first-order chi connectivity index (χ1) is 11.5. The molecule has 0 unspecified atom stereocenters. The molecule has 2 aromatic rings. The molecule has 24 heavy (non-hydrogen) atoms. The molecule has 126 valence electrons. The van der Waals surface area contributed by atoms with Gasteiger partial charge in [0, 0.05) is 26.2 Å². The van der Waals surface area contributed by atoms with E-state index in [1.54, 1.807) is 6.07 Å². The first kappa shape index (κ1) is 16.3. The van der Waals surface area contributed by atoms with Crippen LogP contribution in [0.15, 0.2) is 36.4 Å². The van der Waals surface area contributed by atoms with Gasteiger partial charge >= 0.3 is 0 Å². The second-order valence-electron chi connectivity index (χ2n) is 5.72. The van der Waals surface area contributed by atoms with E-state index in [-0.39, 0.29) is 5.69 Å². The molecule has 0 bridgehead atoms. The molecule has 0 aliphatic carbocycles. The second kappa shape index (κ2) is 6.92. The highest BCUT2D eigenvalue weighted by Crippen LogP contribution is 2.19. The molecule has 1 aliphatic rings. The lowest BCUT2D eigenvalue weighted by Crippen LogP contribution is -2.44. The van der Waals surface area contributed by atoms with E-state index in [1.807, 2.05) is 6.07 Å². The number of rotatable bonds is 3. The fourth-order valence-corrected chi connectivity index (χ4v) is 2.56. The molecule has 1 aromatic heterocycles. The number of halogens is 2. The van der Waals surface area contributed by atoms with Gasteiger partial charge in [-0.3, -0.25) is 4.79 Å². The lowest BCUT2D eigenvalue weighted by atomic mass is 10.2. The Bertz CT molecular complexity index is 725. The second-order valence-corrected chi connectivity index (χ2v) is 5.72. The van der Waals surface area contributed by atoms with Gasteiger partial charge in [-0.1, -0.05) is 12.1 Å². The maximum Gasteiger partial charge on any atom is 0.274 e. The summed E-state index contributed by atoms with van der Waals surface area (Å²) in [5.74, 6) is -1.60. The number of hydrogen-bond acceptors (Lipinski definition) is 4. The first-order valence-electron chi connectivity index (χ1n) is 7.70. The quantitative estimate of drug-likeness (QED) is 0.937. The Morgan fingerprint density at radius 2 is 1.67 bits per heavy atom. The Balaban J connectivity index is 1.77. The molecule has 7 heteroatoms. The number of anilines is 2. The summed E-state index contributed by atoms with van der Waals surface area (Å²) in [5.41, 5.74) is -0.344. The summed E-state index contributed by atoms with van der Waals surface area (Å²) in [4.78, 5) is 20.9. The monoisotopic (exact) mass is 332 g/mol. The minimum absolute atomic E-state index is 0.120. The Morgan fingerprint density at radius 1 is 1.04 bits per heavy atom. The van der Waals surface area contributed by atoms with Crippen molar-refractivity contribution < 1.29 is 13.6 Å². The highest BCUT2D eigenvalue weighted by atomic mass is 19.1. The fourth-order valence-electron chi connectivity index (χ4n) is 2.56. The number of hydrogen-bond donors (Lipinski definition) is 1. The van der Waals surface area contributed by atoms with Gasteiger partial charge in [-0.25, -0.2) is 13.8 Å². The normalized spacial score (nSPS) is 15.4. The topological polar surface area (TPSA) is 48.5 Å². The summed E-state index contributed by atoms with van der Waals surface area (Å²) in [6, 6.07) is 8.48. The van der Waals surface area contributed by atoms with Crippen LogP contribution in [0.3, 0.4) is 0 Å². The predicted molar refractivity (Wildman–Crippen MR) is 88.3 cm³/mol. The van der Waals surface area contributed by atoms with Crippen LogP contribution in [-0.2, 0) is 0 Å². The van der Waals surface area contributed by atoms with Crippen LogP contribution in [0.25, 0.3) is 0 Å². The van der Waals surface area contributed by atoms with E-state index in [2.05, 4.69) is 27.1 Å². The van der Waals surface area contributed by atoms with Gasteiger partial charge in [0.15, 0.2) is 0 Å². The number of piperazine rings is 1. The Kier molecular flexibility index (Phi) is 4.71. The molecule has 5 nitrogen and oxygen atoms in total. The van der Waals surface area contributed by atoms with Crippen LogP contribution in [0, 0.1) is 11.6 Å². The maximum atomic E-state index is 13.6. The molecule has 1 amide bonds. The molecule has 1 saturated heterocycles. The summed E-state index contributed by atoms with van der Waals surface area (Å²) in [6.45, 7) is 3.46. The number of para-hydroxylation sites is 1. The lowest BCUT2D eigenvalue weighted by Gasteiger charge is -2.33. The van der Waals surface area contributed by atoms with E-state index in [4.69, 9.17) is 0 Å². The van der Waals surface area contributed by atoms with Crippen LogP contribution in [0.2, 0.25) is 0 Å². The maximum absolute atomic E-state index is 13.6. The molecule has 1 aliphatic heterocycles. The van der Waals surface area contributed by atoms with Crippen LogP contribution < -0.4 is 10.2 Å². The summed E-state index contributed by atoms with van der Waals surface area (Å²) < 4.78 is 27.3. The molecule has 3 rings (SSSR count). The number of benzene rings is 1. The van der Waals surface area contributed by atoms with Crippen LogP contribution in [-0.4, -0.2) is 49.0 Å². The van der Waals surface area contributed by atoms with Gasteiger partial charge < -0.3 is 15.1 Å². The standard InChI is InChI=1S/C17H18F2N4O/c1-22-8-10-23(11-9-22)15-7-3-6-14(20-15)17(24)21-16-12(18)4-2-5-13(16)19/h2-7H,8-11H2,1H3,(H,21,24). The van der Waals surface area contributed by atoms with Crippen molar-refractivity contribution >= 4 is 17.4 Å². The zero-order valence-corrected chi connectivity index (χ0v) is 13.3. The molecular formula is C17H18F2N4O. The summed E-state index contributed by atoms with van der Waals surface area (Å²) in [6.07, 6.45) is 0. The van der Waals surface area contributed by atoms with Crippen molar-refractivity contribution in [1.29, 1.82) is 0 Å². The molecule has 0 radical (unpaired) electrons. The number of aromatic nitrogens is 1. The highest BCUT2D eigenvalue weighted by molar-refractivity contribution is 6.03. The SMILES string of the molecule is CN1CCN(c2cccc(C(=O)Nc3c(F)cccc3F)n2)CC1. The Morgan fingerprint density at radius 3 is 2.33 bits per heavy atom. The van der Waals surface area contributed by atoms with E-state index in [0.29, 0.717) is 5.82 Å². The molecule has 1 N–H and O–H groups in total. The molecule has 0 atom stereocenters. The van der Waals surface area contributed by atoms with Gasteiger partial charge in [-0.05, 0) is 31.3 Å². The van der Waals surface area contributed by atoms with Gasteiger partial charge in [0.05, 0.1) is 0 Å². The number of carbonyl (C=O) groups is 1. The highest BCUT2D eigenvalue weighted by Gasteiger charge is 2.18. The summed E-state index contributed by atoms with van der Waals surface area (Å²) >= 11 is 0. The smallest absolute Gasteiger partial charge is 0.274 e. The molecular weight excluding hydrogens is 314 g/mol. The minimum atomic E-state index is -0.821. The van der Waals surface area contributed by atoms with Gasteiger partial charge in [0.25, 0.3) is 5.91 Å². The van der Waals surface area contributed by atoms with Crippen molar-refractivity contribution in [1.82, 2.24) is 9.88 Å². The van der Waals surface area contributed by atoms with Crippen molar-refractivity contribution in [3.8, 4) is 0 Å². The number of carbonyl (C=O) groups excluding carboxylic acids is 1. The van der Waals surface area contributed by atoms with Gasteiger partial charge in [-0.2, -0.15) is 0 Å². The summed E-state index contributed by atoms with van der Waals surface area (Å²) in [5, 5.41) is 2.25. The average Bonchev–Trinajstić information content (AvgIpc) is 2.59. The third-order valence-electron chi connectivity index (χ3n) is 4.00. The van der Waals surface area contributed by atoms with Gasteiger partial charge in [0.2, 0.25) is 0 Å². The molecule has 2 heterocycles. The van der Waals surface area contributed by atoms with E-state index >= 15 is 0 Å². The van der Waals surface area contributed by atoms with E-state index in [9.17, 15) is 13.6 Å². The van der Waals surface area contributed by atoms with E-state index in [1.165, 1.54) is 12.1 Å². The Labute approximate surface area is 138 Å². The van der Waals surface area contributed by atoms with Crippen molar-refractivity contribution in [2.24, 2.45) is 0 Å². The van der Waals surface area contributed by atoms with Crippen molar-refractivity contribution in [3.63, 3.8) is 0 Å². The van der Waals surface area contributed by atoms with Crippen LogP contribution in [0.4, 0.5) is 20.3 Å². The van der Waals surface area contributed by atoms with Crippen LogP contribution >= 0.6 is 0 Å². The number of nitrogens with one attached hydrogen (secondary N) is 1. The zero-order valence-electron chi connectivity index (χ0n) is 13.3. The largest absolute Gasteiger partial charge is 0.354 e. The number of amides is 1.